The van der Waals surface area contributed by atoms with Crippen LogP contribution in [0, 0.1) is 19.7 Å². The van der Waals surface area contributed by atoms with Gasteiger partial charge in [0.05, 0.1) is 0 Å². The minimum atomic E-state index is -1.17. The van der Waals surface area contributed by atoms with Crippen LogP contribution in [-0.4, -0.2) is 22.8 Å². The highest BCUT2D eigenvalue weighted by Gasteiger charge is 2.16. The standard InChI is InChI=1S/C25H20FNO4/c1-15-16(2)20(10-9-19(15)17-6-4-3-5-7-17)24-13-22(27-31-24)18-8-11-23(21(26)12-18)30-14-25(28)29/h3-13H,14H2,1-2H3,(H,28,29). The van der Waals surface area contributed by atoms with Gasteiger partial charge in [-0.25, -0.2) is 9.18 Å². The number of carbonyl (C=O) groups is 1. The van der Waals surface area contributed by atoms with Crippen molar-refractivity contribution in [1.29, 1.82) is 0 Å². The van der Waals surface area contributed by atoms with Crippen molar-refractivity contribution in [3.05, 3.63) is 83.7 Å². The number of benzene rings is 3. The average Bonchev–Trinajstić information content (AvgIpc) is 3.25. The number of hydrogen-bond acceptors (Lipinski definition) is 4. The van der Waals surface area contributed by atoms with Gasteiger partial charge in [-0.05, 0) is 54.3 Å². The molecule has 0 aliphatic carbocycles. The summed E-state index contributed by atoms with van der Waals surface area (Å²) in [6, 6.07) is 20.2. The lowest BCUT2D eigenvalue weighted by molar-refractivity contribution is -0.139. The van der Waals surface area contributed by atoms with Gasteiger partial charge in [0.2, 0.25) is 0 Å². The van der Waals surface area contributed by atoms with E-state index in [-0.39, 0.29) is 5.75 Å². The number of aromatic nitrogens is 1. The topological polar surface area (TPSA) is 72.6 Å². The summed E-state index contributed by atoms with van der Waals surface area (Å²) in [6.07, 6.45) is 0. The predicted molar refractivity (Wildman–Crippen MR) is 115 cm³/mol. The number of carboxylic acids is 1. The summed E-state index contributed by atoms with van der Waals surface area (Å²) in [7, 11) is 0. The summed E-state index contributed by atoms with van der Waals surface area (Å²) in [4.78, 5) is 10.6. The lowest BCUT2D eigenvalue weighted by Gasteiger charge is -2.12. The zero-order valence-electron chi connectivity index (χ0n) is 17.1. The molecule has 4 rings (SSSR count). The molecule has 0 fully saturated rings. The molecular formula is C25H20FNO4. The molecule has 1 heterocycles. The number of aliphatic carboxylic acids is 1. The molecule has 0 radical (unpaired) electrons. The second-order valence-electron chi connectivity index (χ2n) is 7.18. The Bertz CT molecular complexity index is 1250. The lowest BCUT2D eigenvalue weighted by Crippen LogP contribution is -2.10. The number of hydrogen-bond donors (Lipinski definition) is 1. The van der Waals surface area contributed by atoms with Crippen molar-refractivity contribution >= 4 is 5.97 Å². The molecule has 1 N–H and O–H groups in total. The van der Waals surface area contributed by atoms with E-state index in [9.17, 15) is 9.18 Å². The molecule has 6 heteroatoms. The molecule has 0 saturated carbocycles. The Morgan fingerprint density at radius 3 is 2.39 bits per heavy atom. The first kappa shape index (κ1) is 20.3. The Kier molecular flexibility index (Phi) is 5.54. The fraction of sp³-hybridized carbons (Fsp3) is 0.120. The molecule has 156 valence electrons. The van der Waals surface area contributed by atoms with Crippen LogP contribution in [0.5, 0.6) is 5.75 Å². The van der Waals surface area contributed by atoms with Gasteiger partial charge in [0.1, 0.15) is 5.69 Å². The minimum absolute atomic E-state index is 0.127. The Morgan fingerprint density at radius 1 is 0.968 bits per heavy atom. The summed E-state index contributed by atoms with van der Waals surface area (Å²) < 4.78 is 24.7. The minimum Gasteiger partial charge on any atom is -0.479 e. The first-order chi connectivity index (χ1) is 14.9. The normalized spacial score (nSPS) is 10.8. The first-order valence-corrected chi connectivity index (χ1v) is 9.71. The van der Waals surface area contributed by atoms with Gasteiger partial charge in [-0.1, -0.05) is 47.6 Å². The maximum atomic E-state index is 14.3. The van der Waals surface area contributed by atoms with E-state index in [4.69, 9.17) is 14.4 Å². The van der Waals surface area contributed by atoms with Crippen molar-refractivity contribution in [3.8, 4) is 39.5 Å². The number of ether oxygens (including phenoxy) is 1. The third-order valence-electron chi connectivity index (χ3n) is 5.23. The summed E-state index contributed by atoms with van der Waals surface area (Å²) in [5.41, 5.74) is 6.42. The van der Waals surface area contributed by atoms with Gasteiger partial charge in [-0.3, -0.25) is 0 Å². The second kappa shape index (κ2) is 8.44. The van der Waals surface area contributed by atoms with Crippen LogP contribution in [0.3, 0.4) is 0 Å². The fourth-order valence-corrected chi connectivity index (χ4v) is 3.47. The predicted octanol–water partition coefficient (Wildman–Crippen LogP) is 5.89. The highest BCUT2D eigenvalue weighted by molar-refractivity contribution is 5.76. The number of halogens is 1. The van der Waals surface area contributed by atoms with Gasteiger partial charge in [0, 0.05) is 17.2 Å². The molecule has 31 heavy (non-hydrogen) atoms. The summed E-state index contributed by atoms with van der Waals surface area (Å²) in [5, 5.41) is 12.7. The molecule has 0 aliphatic rings. The van der Waals surface area contributed by atoms with Crippen molar-refractivity contribution in [1.82, 2.24) is 5.16 Å². The molecule has 4 aromatic rings. The van der Waals surface area contributed by atoms with Crippen LogP contribution in [0.2, 0.25) is 0 Å². The van der Waals surface area contributed by atoms with Crippen LogP contribution in [0.15, 0.2) is 71.3 Å². The molecule has 0 saturated heterocycles. The summed E-state index contributed by atoms with van der Waals surface area (Å²) >= 11 is 0. The smallest absolute Gasteiger partial charge is 0.341 e. The van der Waals surface area contributed by atoms with E-state index < -0.39 is 18.4 Å². The third kappa shape index (κ3) is 4.19. The van der Waals surface area contributed by atoms with Gasteiger partial charge >= 0.3 is 5.97 Å². The highest BCUT2D eigenvalue weighted by Crippen LogP contribution is 2.34. The van der Waals surface area contributed by atoms with Gasteiger partial charge in [-0.2, -0.15) is 0 Å². The third-order valence-corrected chi connectivity index (χ3v) is 5.23. The van der Waals surface area contributed by atoms with E-state index in [0.29, 0.717) is 17.0 Å². The molecular weight excluding hydrogens is 397 g/mol. The van der Waals surface area contributed by atoms with Crippen molar-refractivity contribution < 1.29 is 23.6 Å². The maximum absolute atomic E-state index is 14.3. The van der Waals surface area contributed by atoms with E-state index >= 15 is 0 Å². The van der Waals surface area contributed by atoms with Crippen molar-refractivity contribution in [2.24, 2.45) is 0 Å². The number of nitrogens with zero attached hydrogens (tertiary/aromatic N) is 1. The van der Waals surface area contributed by atoms with Crippen LogP contribution in [0.1, 0.15) is 11.1 Å². The van der Waals surface area contributed by atoms with Gasteiger partial charge in [0.15, 0.2) is 23.9 Å². The summed E-state index contributed by atoms with van der Waals surface area (Å²) in [5.74, 6) is -1.38. The van der Waals surface area contributed by atoms with E-state index in [1.54, 1.807) is 12.1 Å². The lowest BCUT2D eigenvalue weighted by atomic mass is 9.92. The second-order valence-corrected chi connectivity index (χ2v) is 7.18. The van der Waals surface area contributed by atoms with Crippen LogP contribution in [-0.2, 0) is 4.79 Å². The van der Waals surface area contributed by atoms with Gasteiger partial charge in [0.25, 0.3) is 0 Å². The van der Waals surface area contributed by atoms with Crippen molar-refractivity contribution in [2.75, 3.05) is 6.61 Å². The molecule has 0 amide bonds. The van der Waals surface area contributed by atoms with E-state index in [0.717, 1.165) is 27.8 Å². The quantitative estimate of drug-likeness (QED) is 0.423. The van der Waals surface area contributed by atoms with Crippen LogP contribution < -0.4 is 4.74 Å². The molecule has 3 aromatic carbocycles. The molecule has 0 unspecified atom stereocenters. The maximum Gasteiger partial charge on any atom is 0.341 e. The molecule has 0 atom stereocenters. The van der Waals surface area contributed by atoms with Crippen molar-refractivity contribution in [2.45, 2.75) is 13.8 Å². The van der Waals surface area contributed by atoms with Crippen LogP contribution >= 0.6 is 0 Å². The van der Waals surface area contributed by atoms with E-state index in [2.05, 4.69) is 30.3 Å². The zero-order valence-corrected chi connectivity index (χ0v) is 17.1. The molecule has 0 aliphatic heterocycles. The number of carboxylic acid groups (broad SMARTS) is 1. The molecule has 0 bridgehead atoms. The van der Waals surface area contributed by atoms with Crippen LogP contribution in [0.25, 0.3) is 33.7 Å². The van der Waals surface area contributed by atoms with E-state index in [1.807, 2.05) is 31.2 Å². The Labute approximate surface area is 178 Å². The van der Waals surface area contributed by atoms with Crippen molar-refractivity contribution in [3.63, 3.8) is 0 Å². The van der Waals surface area contributed by atoms with Gasteiger partial charge in [-0.15, -0.1) is 0 Å². The Balaban J connectivity index is 1.63. The van der Waals surface area contributed by atoms with E-state index in [1.165, 1.54) is 12.1 Å². The average molecular weight is 417 g/mol. The summed E-state index contributed by atoms with van der Waals surface area (Å²) in [6.45, 7) is 3.50. The monoisotopic (exact) mass is 417 g/mol. The number of rotatable bonds is 6. The van der Waals surface area contributed by atoms with Gasteiger partial charge < -0.3 is 14.4 Å². The van der Waals surface area contributed by atoms with Crippen LogP contribution in [0.4, 0.5) is 4.39 Å². The highest BCUT2D eigenvalue weighted by atomic mass is 19.1. The molecule has 5 nitrogen and oxygen atoms in total. The first-order valence-electron chi connectivity index (χ1n) is 9.71. The largest absolute Gasteiger partial charge is 0.479 e. The molecule has 1 aromatic heterocycles. The Morgan fingerprint density at radius 2 is 1.68 bits per heavy atom. The zero-order chi connectivity index (χ0) is 22.0. The SMILES string of the molecule is Cc1c(-c2ccccc2)ccc(-c2cc(-c3ccc(OCC(=O)O)c(F)c3)no2)c1C. The fourth-order valence-electron chi connectivity index (χ4n) is 3.47. The molecule has 0 spiro atoms. The Hall–Kier alpha value is -3.93.